The summed E-state index contributed by atoms with van der Waals surface area (Å²) in [7, 11) is 0. The molecule has 0 saturated carbocycles. The molecule has 0 unspecified atom stereocenters. The van der Waals surface area contributed by atoms with E-state index in [1.165, 1.54) is 0 Å². The van der Waals surface area contributed by atoms with E-state index >= 15 is 0 Å². The number of aliphatic hydroxyl groups excluding tert-OH is 2. The molecule has 5 nitrogen and oxygen atoms in total. The Morgan fingerprint density at radius 2 is 1.94 bits per heavy atom. The maximum atomic E-state index is 11.7. The molecule has 18 heavy (non-hydrogen) atoms. The van der Waals surface area contributed by atoms with Crippen molar-refractivity contribution in [3.63, 3.8) is 0 Å². The summed E-state index contributed by atoms with van der Waals surface area (Å²) in [6.07, 6.45) is 1.63. The summed E-state index contributed by atoms with van der Waals surface area (Å²) in [5, 5.41) is 20.2. The first-order chi connectivity index (χ1) is 8.71. The van der Waals surface area contributed by atoms with E-state index in [0.717, 1.165) is 0 Å². The topological polar surface area (TPSA) is 78.8 Å². The Hall–Kier alpha value is -1.85. The van der Waals surface area contributed by atoms with Crippen LogP contribution >= 0.6 is 0 Å². The predicted molar refractivity (Wildman–Crippen MR) is 67.6 cm³/mol. The molecule has 3 N–H and O–H groups in total. The minimum atomic E-state index is -0.644. The highest BCUT2D eigenvalue weighted by Crippen LogP contribution is 2.12. The van der Waals surface area contributed by atoms with Crippen LogP contribution < -0.4 is 10.1 Å². The van der Waals surface area contributed by atoms with Gasteiger partial charge in [0.1, 0.15) is 12.4 Å². The molecule has 0 aliphatic carbocycles. The van der Waals surface area contributed by atoms with Gasteiger partial charge in [0, 0.05) is 5.56 Å². The van der Waals surface area contributed by atoms with Crippen LogP contribution in [0.25, 0.3) is 0 Å². The molecule has 0 atom stereocenters. The van der Waals surface area contributed by atoms with Crippen LogP contribution in [0.1, 0.15) is 10.4 Å². The molecule has 0 saturated heterocycles. The normalized spacial score (nSPS) is 10.2. The van der Waals surface area contributed by atoms with Crippen LogP contribution in [-0.4, -0.2) is 42.0 Å². The lowest BCUT2D eigenvalue weighted by atomic mass is 10.2. The van der Waals surface area contributed by atoms with Crippen molar-refractivity contribution in [2.24, 2.45) is 0 Å². The Morgan fingerprint density at radius 1 is 1.33 bits per heavy atom. The van der Waals surface area contributed by atoms with E-state index in [0.29, 0.717) is 17.9 Å². The van der Waals surface area contributed by atoms with Crippen molar-refractivity contribution < 1.29 is 19.7 Å². The van der Waals surface area contributed by atoms with E-state index in [-0.39, 0.29) is 19.1 Å². The fourth-order valence-corrected chi connectivity index (χ4v) is 1.28. The highest BCUT2D eigenvalue weighted by Gasteiger charge is 2.11. The van der Waals surface area contributed by atoms with Gasteiger partial charge in [-0.25, -0.2) is 0 Å². The third-order valence-electron chi connectivity index (χ3n) is 2.26. The molecule has 0 aromatic heterocycles. The number of amides is 1. The maximum absolute atomic E-state index is 11.7. The number of nitrogens with one attached hydrogen (secondary N) is 1. The van der Waals surface area contributed by atoms with Crippen molar-refractivity contribution in [3.8, 4) is 5.75 Å². The van der Waals surface area contributed by atoms with Crippen LogP contribution in [0.4, 0.5) is 0 Å². The summed E-state index contributed by atoms with van der Waals surface area (Å²) < 4.78 is 5.28. The van der Waals surface area contributed by atoms with Gasteiger partial charge in [-0.15, -0.1) is 0 Å². The average molecular weight is 251 g/mol. The van der Waals surface area contributed by atoms with Gasteiger partial charge in [0.2, 0.25) is 0 Å². The van der Waals surface area contributed by atoms with Gasteiger partial charge in [0.25, 0.3) is 5.91 Å². The monoisotopic (exact) mass is 251 g/mol. The smallest absolute Gasteiger partial charge is 0.251 e. The zero-order valence-electron chi connectivity index (χ0n) is 10.0. The fraction of sp³-hybridized carbons (Fsp3) is 0.308. The molecule has 1 aromatic rings. The summed E-state index contributed by atoms with van der Waals surface area (Å²) in [5.74, 6) is 0.297. The van der Waals surface area contributed by atoms with Crippen LogP contribution in [0.2, 0.25) is 0 Å². The summed E-state index contributed by atoms with van der Waals surface area (Å²) in [6, 6.07) is 5.92. The predicted octanol–water partition coefficient (Wildman–Crippen LogP) is 0.334. The van der Waals surface area contributed by atoms with E-state index in [1.807, 2.05) is 0 Å². The Labute approximate surface area is 106 Å². The molecule has 1 aromatic carbocycles. The molecule has 0 fully saturated rings. The van der Waals surface area contributed by atoms with Crippen molar-refractivity contribution in [1.82, 2.24) is 5.32 Å². The van der Waals surface area contributed by atoms with Gasteiger partial charge in [-0.2, -0.15) is 0 Å². The summed E-state index contributed by atoms with van der Waals surface area (Å²) in [5.41, 5.74) is 0.438. The van der Waals surface area contributed by atoms with Crippen molar-refractivity contribution >= 4 is 5.91 Å². The first-order valence-corrected chi connectivity index (χ1v) is 5.57. The summed E-state index contributed by atoms with van der Waals surface area (Å²) >= 11 is 0. The van der Waals surface area contributed by atoms with Crippen LogP contribution in [0.5, 0.6) is 5.75 Å². The number of ether oxygens (including phenoxy) is 1. The Bertz CT molecular complexity index is 384. The molecule has 1 rings (SSSR count). The minimum Gasteiger partial charge on any atom is -0.490 e. The lowest BCUT2D eigenvalue weighted by Crippen LogP contribution is -2.40. The van der Waals surface area contributed by atoms with Crippen LogP contribution in [-0.2, 0) is 0 Å². The molecule has 0 aliphatic rings. The zero-order chi connectivity index (χ0) is 13.4. The van der Waals surface area contributed by atoms with Gasteiger partial charge in [-0.1, -0.05) is 12.7 Å². The molecule has 0 spiro atoms. The van der Waals surface area contributed by atoms with Gasteiger partial charge >= 0.3 is 0 Å². The van der Waals surface area contributed by atoms with Crippen molar-refractivity contribution in [3.05, 3.63) is 42.5 Å². The van der Waals surface area contributed by atoms with Crippen molar-refractivity contribution in [2.45, 2.75) is 6.04 Å². The molecule has 0 aliphatic heterocycles. The lowest BCUT2D eigenvalue weighted by molar-refractivity contribution is 0.0879. The second-order valence-corrected chi connectivity index (χ2v) is 3.66. The van der Waals surface area contributed by atoms with E-state index < -0.39 is 6.04 Å². The second-order valence-electron chi connectivity index (χ2n) is 3.66. The first kappa shape index (κ1) is 14.2. The Kier molecular flexibility index (Phi) is 5.90. The molecule has 0 radical (unpaired) electrons. The number of carbonyl (C=O) groups is 1. The number of benzene rings is 1. The van der Waals surface area contributed by atoms with E-state index in [9.17, 15) is 4.79 Å². The van der Waals surface area contributed by atoms with Gasteiger partial charge in [0.15, 0.2) is 0 Å². The largest absolute Gasteiger partial charge is 0.490 e. The van der Waals surface area contributed by atoms with Gasteiger partial charge in [0.05, 0.1) is 19.3 Å². The van der Waals surface area contributed by atoms with Gasteiger partial charge in [-0.3, -0.25) is 4.79 Å². The van der Waals surface area contributed by atoms with Gasteiger partial charge < -0.3 is 20.3 Å². The molecule has 5 heteroatoms. The number of hydrogen-bond acceptors (Lipinski definition) is 4. The number of carbonyl (C=O) groups excluding carboxylic acids is 1. The highest BCUT2D eigenvalue weighted by molar-refractivity contribution is 5.94. The number of rotatable bonds is 7. The summed E-state index contributed by atoms with van der Waals surface area (Å²) in [6.45, 7) is 3.34. The SMILES string of the molecule is C=CCOc1ccc(C(=O)NC(CO)CO)cc1. The van der Waals surface area contributed by atoms with Crippen LogP contribution in [0.15, 0.2) is 36.9 Å². The molecule has 0 bridgehead atoms. The summed E-state index contributed by atoms with van der Waals surface area (Å²) in [4.78, 5) is 11.7. The fourth-order valence-electron chi connectivity index (χ4n) is 1.28. The Balaban J connectivity index is 2.61. The lowest BCUT2D eigenvalue weighted by Gasteiger charge is -2.13. The highest BCUT2D eigenvalue weighted by atomic mass is 16.5. The third-order valence-corrected chi connectivity index (χ3v) is 2.26. The van der Waals surface area contributed by atoms with E-state index in [4.69, 9.17) is 14.9 Å². The Morgan fingerprint density at radius 3 is 2.44 bits per heavy atom. The van der Waals surface area contributed by atoms with Gasteiger partial charge in [-0.05, 0) is 24.3 Å². The minimum absolute atomic E-state index is 0.303. The number of aliphatic hydroxyl groups is 2. The third kappa shape index (κ3) is 4.20. The quantitative estimate of drug-likeness (QED) is 0.610. The van der Waals surface area contributed by atoms with Crippen molar-refractivity contribution in [2.75, 3.05) is 19.8 Å². The maximum Gasteiger partial charge on any atom is 0.251 e. The van der Waals surface area contributed by atoms with E-state index in [2.05, 4.69) is 11.9 Å². The standard InChI is InChI=1S/C13H17NO4/c1-2-7-18-12-5-3-10(4-6-12)13(17)14-11(8-15)9-16/h2-6,11,15-16H,1,7-9H2,(H,14,17). The second kappa shape index (κ2) is 7.47. The van der Waals surface area contributed by atoms with Crippen molar-refractivity contribution in [1.29, 1.82) is 0 Å². The average Bonchev–Trinajstić information content (AvgIpc) is 2.42. The molecular formula is C13H17NO4. The molecule has 0 heterocycles. The molecule has 98 valence electrons. The zero-order valence-corrected chi connectivity index (χ0v) is 10.0. The number of hydrogen-bond donors (Lipinski definition) is 3. The van der Waals surface area contributed by atoms with Crippen LogP contribution in [0.3, 0.4) is 0 Å². The first-order valence-electron chi connectivity index (χ1n) is 5.57. The molecular weight excluding hydrogens is 234 g/mol. The van der Waals surface area contributed by atoms with E-state index in [1.54, 1.807) is 30.3 Å². The van der Waals surface area contributed by atoms with Crippen LogP contribution in [0, 0.1) is 0 Å². The molecule has 1 amide bonds.